The van der Waals surface area contributed by atoms with E-state index in [-0.39, 0.29) is 22.2 Å². The van der Waals surface area contributed by atoms with Gasteiger partial charge in [0.25, 0.3) is 0 Å². The number of hydrogen-bond donors (Lipinski definition) is 0. The molecule has 454 valence electrons. The Kier molecular flexibility index (Phi) is 14.0. The van der Waals surface area contributed by atoms with Crippen LogP contribution in [-0.2, 0) is 0 Å². The number of benzene rings is 5. The first-order chi connectivity index (χ1) is 42.6. The van der Waals surface area contributed by atoms with Crippen molar-refractivity contribution in [2.45, 2.75) is 155 Å². The highest BCUT2D eigenvalue weighted by Crippen LogP contribution is 2.48. The molecular formula is C78H82N12. The van der Waals surface area contributed by atoms with Crippen LogP contribution >= 0.6 is 0 Å². The SMILES string of the molecule is CC1(C)N=C(c2ccc(-c3cc(-c4ccc(C5=NC(C)(C)C(C)(C)N5c5ccccc5)nc4)c(-c4ccc(C5=NC(C)(C)C(C)(C)N5c5ccccc5)nc4)cc3-c3ccc(C4=NC(C)(C)C(C)(C)N4c4ccccc4)nc3)cn2)N(c2ccccc2)C1(C)C. The molecule has 5 aromatic carbocycles. The maximum Gasteiger partial charge on any atom is 0.155 e. The van der Waals surface area contributed by atoms with Gasteiger partial charge in [-0.3, -0.25) is 39.9 Å². The van der Waals surface area contributed by atoms with E-state index in [1.807, 2.05) is 24.8 Å². The van der Waals surface area contributed by atoms with Crippen molar-refractivity contribution in [2.75, 3.05) is 19.6 Å². The number of rotatable bonds is 12. The lowest BCUT2D eigenvalue weighted by Crippen LogP contribution is -2.53. The van der Waals surface area contributed by atoms with Crippen LogP contribution in [0, 0.1) is 0 Å². The lowest BCUT2D eigenvalue weighted by molar-refractivity contribution is 0.338. The second-order valence-electron chi connectivity index (χ2n) is 28.6. The molecule has 90 heavy (non-hydrogen) atoms. The van der Waals surface area contributed by atoms with Crippen LogP contribution in [-0.4, -0.2) is 87.6 Å². The average Bonchev–Trinajstić information content (AvgIpc) is 1.50. The summed E-state index contributed by atoms with van der Waals surface area (Å²) in [6.45, 7) is 35.7. The minimum absolute atomic E-state index is 0.346. The highest BCUT2D eigenvalue weighted by Gasteiger charge is 2.54. The zero-order chi connectivity index (χ0) is 63.6. The molecule has 0 atom stereocenters. The summed E-state index contributed by atoms with van der Waals surface area (Å²) in [7, 11) is 0. The van der Waals surface area contributed by atoms with Gasteiger partial charge in [0, 0.05) is 69.8 Å². The van der Waals surface area contributed by atoms with Gasteiger partial charge in [-0.05, 0) is 218 Å². The van der Waals surface area contributed by atoms with Crippen molar-refractivity contribution in [1.82, 2.24) is 19.9 Å². The third-order valence-electron chi connectivity index (χ3n) is 21.0. The zero-order valence-electron chi connectivity index (χ0n) is 55.0. The second kappa shape index (κ2) is 21.1. The first-order valence-corrected chi connectivity index (χ1v) is 31.5. The van der Waals surface area contributed by atoms with E-state index in [1.54, 1.807) is 0 Å². The molecule has 0 unspecified atom stereocenters. The van der Waals surface area contributed by atoms with Crippen LogP contribution in [0.4, 0.5) is 22.7 Å². The summed E-state index contributed by atoms with van der Waals surface area (Å²) < 4.78 is 0. The van der Waals surface area contributed by atoms with E-state index in [9.17, 15) is 0 Å². The summed E-state index contributed by atoms with van der Waals surface area (Å²) in [6.07, 6.45) is 8.00. The zero-order valence-corrected chi connectivity index (χ0v) is 55.0. The van der Waals surface area contributed by atoms with Crippen LogP contribution in [0.1, 0.15) is 134 Å². The van der Waals surface area contributed by atoms with Gasteiger partial charge < -0.3 is 19.6 Å². The van der Waals surface area contributed by atoms with Crippen molar-refractivity contribution in [3.63, 3.8) is 0 Å². The second-order valence-corrected chi connectivity index (χ2v) is 28.6. The first kappa shape index (κ1) is 59.5. The van der Waals surface area contributed by atoms with Crippen LogP contribution in [0.15, 0.2) is 227 Å². The molecular weight excluding hydrogens is 1100 g/mol. The van der Waals surface area contributed by atoms with Crippen molar-refractivity contribution >= 4 is 46.1 Å². The van der Waals surface area contributed by atoms with E-state index < -0.39 is 22.2 Å². The van der Waals surface area contributed by atoms with E-state index in [0.29, 0.717) is 0 Å². The molecule has 4 aliphatic heterocycles. The Bertz CT molecular complexity index is 3760. The quantitative estimate of drug-likeness (QED) is 0.119. The van der Waals surface area contributed by atoms with E-state index in [2.05, 4.69) is 312 Å². The summed E-state index contributed by atoms with van der Waals surface area (Å²) in [6, 6.07) is 63.9. The molecule has 4 aliphatic rings. The molecule has 0 spiro atoms. The lowest BCUT2D eigenvalue weighted by Gasteiger charge is -2.41. The minimum atomic E-state index is -0.407. The van der Waals surface area contributed by atoms with Crippen LogP contribution in [0.5, 0.6) is 0 Å². The first-order valence-electron chi connectivity index (χ1n) is 31.5. The van der Waals surface area contributed by atoms with Crippen LogP contribution < -0.4 is 19.6 Å². The van der Waals surface area contributed by atoms with Gasteiger partial charge >= 0.3 is 0 Å². The molecule has 12 nitrogen and oxygen atoms in total. The molecule has 0 saturated heterocycles. The molecule has 0 amide bonds. The summed E-state index contributed by atoms with van der Waals surface area (Å²) in [5.74, 6) is 3.33. The molecule has 8 heterocycles. The Morgan fingerprint density at radius 1 is 0.233 bits per heavy atom. The van der Waals surface area contributed by atoms with Crippen molar-refractivity contribution in [1.29, 1.82) is 0 Å². The van der Waals surface area contributed by atoms with Crippen molar-refractivity contribution < 1.29 is 0 Å². The molecule has 0 aliphatic carbocycles. The van der Waals surface area contributed by atoms with Gasteiger partial charge in [-0.2, -0.15) is 0 Å². The fourth-order valence-corrected chi connectivity index (χ4v) is 13.0. The minimum Gasteiger partial charge on any atom is -0.317 e. The number of aliphatic imine (C=N–C) groups is 4. The topological polar surface area (TPSA) is 114 Å². The van der Waals surface area contributed by atoms with Crippen LogP contribution in [0.25, 0.3) is 44.5 Å². The number of anilines is 4. The number of aromatic nitrogens is 4. The Balaban J connectivity index is 0.994. The molecule has 0 radical (unpaired) electrons. The van der Waals surface area contributed by atoms with Crippen molar-refractivity contribution in [2.24, 2.45) is 20.0 Å². The molecule has 0 saturated carbocycles. The number of para-hydroxylation sites is 4. The highest BCUT2D eigenvalue weighted by molar-refractivity contribution is 6.15. The molecule has 12 heteroatoms. The predicted octanol–water partition coefficient (Wildman–Crippen LogP) is 17.2. The van der Waals surface area contributed by atoms with Gasteiger partial charge in [-0.1, -0.05) is 97.1 Å². The number of nitrogens with zero attached hydrogens (tertiary/aromatic N) is 12. The van der Waals surface area contributed by atoms with Gasteiger partial charge in [0.2, 0.25) is 0 Å². The Hall–Kier alpha value is -9.42. The van der Waals surface area contributed by atoms with Gasteiger partial charge in [0.15, 0.2) is 23.3 Å². The molecule has 0 bridgehead atoms. The molecule has 0 fully saturated rings. The van der Waals surface area contributed by atoms with E-state index >= 15 is 0 Å². The van der Waals surface area contributed by atoms with E-state index in [0.717, 1.165) is 113 Å². The number of pyridine rings is 4. The van der Waals surface area contributed by atoms with Gasteiger partial charge in [0.1, 0.15) is 22.8 Å². The van der Waals surface area contributed by atoms with Crippen LogP contribution in [0.2, 0.25) is 0 Å². The fourth-order valence-electron chi connectivity index (χ4n) is 13.0. The molecule has 0 N–H and O–H groups in total. The largest absolute Gasteiger partial charge is 0.317 e. The van der Waals surface area contributed by atoms with Crippen LogP contribution in [0.3, 0.4) is 0 Å². The number of hydrogen-bond acceptors (Lipinski definition) is 12. The normalized spacial score (nSPS) is 19.6. The average molecular weight is 1190 g/mol. The summed E-state index contributed by atoms with van der Waals surface area (Å²) in [5, 5.41) is 0. The summed E-state index contributed by atoms with van der Waals surface area (Å²) in [4.78, 5) is 52.3. The van der Waals surface area contributed by atoms with E-state index in [4.69, 9.17) is 39.9 Å². The number of amidine groups is 4. The van der Waals surface area contributed by atoms with Gasteiger partial charge in [-0.25, -0.2) is 0 Å². The highest BCUT2D eigenvalue weighted by atomic mass is 15.4. The van der Waals surface area contributed by atoms with Gasteiger partial charge in [0.05, 0.1) is 44.3 Å². The molecule has 13 rings (SSSR count). The Labute approximate surface area is 532 Å². The smallest absolute Gasteiger partial charge is 0.155 e. The summed E-state index contributed by atoms with van der Waals surface area (Å²) >= 11 is 0. The summed E-state index contributed by atoms with van der Waals surface area (Å²) in [5.41, 5.74) is 12.0. The molecule has 9 aromatic rings. The lowest BCUT2D eigenvalue weighted by atomic mass is 9.83. The maximum absolute atomic E-state index is 5.41. The van der Waals surface area contributed by atoms with Gasteiger partial charge in [-0.15, -0.1) is 0 Å². The standard InChI is InChI=1S/C78H82N12/c1-71(2)75(9,10)87(55-29-21-17-22-30-55)67(83-71)63-41-37-51(47-79-63)59-45-61(53-39-43-65(81-49-53)69-85-73(5,6)77(13,14)89(69)57-33-25-19-26-34-57)62(54-40-44-66(82-50-54)70-86-74(7,8)78(15,16)90(70)58-35-27-20-28-36-58)46-60(59)52-38-42-64(80-48-52)68-84-72(3,4)76(11,12)88(68)56-31-23-18-24-32-56/h17-50H,1-16H3. The van der Waals surface area contributed by atoms with E-state index in [1.165, 1.54) is 0 Å². The van der Waals surface area contributed by atoms with Crippen molar-refractivity contribution in [3.8, 4) is 44.5 Å². The monoisotopic (exact) mass is 1190 g/mol. The Morgan fingerprint density at radius 2 is 0.422 bits per heavy atom. The van der Waals surface area contributed by atoms with Crippen molar-refractivity contribution in [3.05, 3.63) is 230 Å². The third kappa shape index (κ3) is 9.55. The molecule has 4 aromatic heterocycles. The third-order valence-corrected chi connectivity index (χ3v) is 21.0. The predicted molar refractivity (Wildman–Crippen MR) is 374 cm³/mol. The maximum atomic E-state index is 5.41. The Morgan fingerprint density at radius 3 is 0.589 bits per heavy atom. The fraction of sp³-hybridized carbons (Fsp3) is 0.308.